The summed E-state index contributed by atoms with van der Waals surface area (Å²) in [7, 11) is 0. The van der Waals surface area contributed by atoms with Gasteiger partial charge in [-0.1, -0.05) is 60.7 Å². The fourth-order valence-electron chi connectivity index (χ4n) is 5.80. The molecule has 1 fully saturated rings. The first-order valence-corrected chi connectivity index (χ1v) is 15.1. The van der Waals surface area contributed by atoms with Gasteiger partial charge in [0.1, 0.15) is 18.2 Å². The molecule has 1 aliphatic rings. The molecule has 1 aliphatic carbocycles. The second-order valence-corrected chi connectivity index (χ2v) is 11.7. The molecule has 0 N–H and O–H groups in total. The van der Waals surface area contributed by atoms with E-state index >= 15 is 0 Å². The van der Waals surface area contributed by atoms with Crippen LogP contribution in [0.2, 0.25) is 10.0 Å². The second kappa shape index (κ2) is 12.2. The number of nitrogens with zero attached hydrogens (tertiary/aromatic N) is 4. The minimum atomic E-state index is -0.123. The van der Waals surface area contributed by atoms with E-state index in [0.717, 1.165) is 71.0 Å². The first-order chi connectivity index (χ1) is 20.4. The zero-order valence-corrected chi connectivity index (χ0v) is 25.2. The Bertz CT molecular complexity index is 1830. The Morgan fingerprint density at radius 1 is 0.952 bits per heavy atom. The van der Waals surface area contributed by atoms with Gasteiger partial charge in [0.2, 0.25) is 0 Å². The fourth-order valence-corrected chi connectivity index (χ4v) is 6.12. The van der Waals surface area contributed by atoms with Gasteiger partial charge in [0.25, 0.3) is 5.56 Å². The number of halogens is 2. The summed E-state index contributed by atoms with van der Waals surface area (Å²) in [6.45, 7) is 4.52. The van der Waals surface area contributed by atoms with Crippen molar-refractivity contribution in [3.8, 4) is 11.4 Å². The molecule has 6 rings (SSSR count). The third-order valence-corrected chi connectivity index (χ3v) is 8.76. The maximum atomic E-state index is 13.6. The van der Waals surface area contributed by atoms with Crippen molar-refractivity contribution in [1.82, 2.24) is 14.2 Å². The molecular weight excluding hydrogens is 567 g/mol. The molecule has 0 amide bonds. The van der Waals surface area contributed by atoms with Crippen molar-refractivity contribution in [2.24, 2.45) is 5.10 Å². The standard InChI is InChI=1S/C34H32Cl2N4O2/c1-22-18-26(20-37-40-33(25-8-4-3-5-9-25)38-32-11-7-6-10-29(32)34(40)41)23(2)39(22)27-13-15-28(16-14-27)42-21-24-12-17-30(35)31(36)19-24/h6-7,10-20,25H,3-5,8-9,21H2,1-2H3. The zero-order valence-electron chi connectivity index (χ0n) is 23.7. The number of rotatable bonds is 7. The largest absolute Gasteiger partial charge is 0.489 e. The number of aryl methyl sites for hydroxylation is 1. The maximum Gasteiger partial charge on any atom is 0.282 e. The average Bonchev–Trinajstić information content (AvgIpc) is 3.30. The van der Waals surface area contributed by atoms with Crippen molar-refractivity contribution in [3.05, 3.63) is 122 Å². The molecular formula is C34H32Cl2N4O2. The van der Waals surface area contributed by atoms with Crippen LogP contribution in [0.15, 0.2) is 82.7 Å². The normalized spacial score (nSPS) is 14.2. The highest BCUT2D eigenvalue weighted by Gasteiger charge is 2.22. The Balaban J connectivity index is 1.27. The van der Waals surface area contributed by atoms with Gasteiger partial charge in [-0.25, -0.2) is 4.98 Å². The molecule has 2 aromatic heterocycles. The van der Waals surface area contributed by atoms with Crippen LogP contribution in [0.5, 0.6) is 5.75 Å². The van der Waals surface area contributed by atoms with E-state index in [1.165, 1.54) is 11.1 Å². The lowest BCUT2D eigenvalue weighted by Gasteiger charge is -2.22. The number of ether oxygens (including phenoxy) is 1. The monoisotopic (exact) mass is 598 g/mol. The number of hydrogen-bond donors (Lipinski definition) is 0. The molecule has 5 aromatic rings. The van der Waals surface area contributed by atoms with E-state index in [1.54, 1.807) is 12.3 Å². The molecule has 0 saturated heterocycles. The molecule has 8 heteroatoms. The van der Waals surface area contributed by atoms with Gasteiger partial charge in [-0.2, -0.15) is 9.78 Å². The molecule has 214 valence electrons. The van der Waals surface area contributed by atoms with Crippen molar-refractivity contribution in [3.63, 3.8) is 0 Å². The number of hydrogen-bond acceptors (Lipinski definition) is 4. The van der Waals surface area contributed by atoms with Gasteiger partial charge in [-0.05, 0) is 86.8 Å². The zero-order chi connectivity index (χ0) is 29.2. The van der Waals surface area contributed by atoms with Crippen LogP contribution < -0.4 is 10.3 Å². The van der Waals surface area contributed by atoms with E-state index in [0.29, 0.717) is 22.0 Å². The minimum absolute atomic E-state index is 0.123. The van der Waals surface area contributed by atoms with Gasteiger partial charge in [0.15, 0.2) is 0 Å². The van der Waals surface area contributed by atoms with Crippen molar-refractivity contribution in [2.75, 3.05) is 0 Å². The molecule has 0 aliphatic heterocycles. The number of aromatic nitrogens is 3. The summed E-state index contributed by atoms with van der Waals surface area (Å²) < 4.78 is 9.67. The lowest BCUT2D eigenvalue weighted by molar-refractivity contribution is 0.306. The Labute approximate surface area is 255 Å². The summed E-state index contributed by atoms with van der Waals surface area (Å²) in [5.41, 5.74) is 5.61. The lowest BCUT2D eigenvalue weighted by Crippen LogP contribution is -2.25. The summed E-state index contributed by atoms with van der Waals surface area (Å²) in [6.07, 6.45) is 7.38. The predicted octanol–water partition coefficient (Wildman–Crippen LogP) is 8.62. The Morgan fingerprint density at radius 3 is 2.48 bits per heavy atom. The molecule has 3 aromatic carbocycles. The van der Waals surface area contributed by atoms with Crippen LogP contribution in [-0.2, 0) is 6.61 Å². The molecule has 0 spiro atoms. The van der Waals surface area contributed by atoms with Gasteiger partial charge in [-0.15, -0.1) is 0 Å². The van der Waals surface area contributed by atoms with Crippen LogP contribution in [0.4, 0.5) is 0 Å². The predicted molar refractivity (Wildman–Crippen MR) is 171 cm³/mol. The molecule has 0 atom stereocenters. The van der Waals surface area contributed by atoms with Gasteiger partial charge < -0.3 is 9.30 Å². The van der Waals surface area contributed by atoms with Crippen LogP contribution in [-0.4, -0.2) is 20.4 Å². The highest BCUT2D eigenvalue weighted by molar-refractivity contribution is 6.42. The maximum absolute atomic E-state index is 13.6. The summed E-state index contributed by atoms with van der Waals surface area (Å²) >= 11 is 12.1. The highest BCUT2D eigenvalue weighted by Crippen LogP contribution is 2.32. The van der Waals surface area contributed by atoms with Crippen LogP contribution in [0, 0.1) is 13.8 Å². The smallest absolute Gasteiger partial charge is 0.282 e. The van der Waals surface area contributed by atoms with Crippen molar-refractivity contribution >= 4 is 40.3 Å². The molecule has 2 heterocycles. The number of fused-ring (bicyclic) bond motifs is 1. The molecule has 42 heavy (non-hydrogen) atoms. The van der Waals surface area contributed by atoms with Crippen LogP contribution in [0.3, 0.4) is 0 Å². The summed E-state index contributed by atoms with van der Waals surface area (Å²) in [6, 6.07) is 23.1. The topological polar surface area (TPSA) is 61.4 Å². The Kier molecular flexibility index (Phi) is 8.18. The third-order valence-electron chi connectivity index (χ3n) is 8.02. The molecule has 0 radical (unpaired) electrons. The van der Waals surface area contributed by atoms with E-state index in [9.17, 15) is 4.79 Å². The van der Waals surface area contributed by atoms with Crippen LogP contribution in [0.1, 0.15) is 66.4 Å². The summed E-state index contributed by atoms with van der Waals surface area (Å²) in [5, 5.41) is 6.38. The van der Waals surface area contributed by atoms with E-state index < -0.39 is 0 Å². The van der Waals surface area contributed by atoms with Crippen molar-refractivity contribution in [2.45, 2.75) is 58.5 Å². The van der Waals surface area contributed by atoms with Gasteiger partial charge in [0, 0.05) is 28.6 Å². The molecule has 1 saturated carbocycles. The quantitative estimate of drug-likeness (QED) is 0.176. The van der Waals surface area contributed by atoms with Crippen LogP contribution in [0.25, 0.3) is 16.6 Å². The van der Waals surface area contributed by atoms with Crippen LogP contribution >= 0.6 is 23.2 Å². The van der Waals surface area contributed by atoms with Crippen molar-refractivity contribution < 1.29 is 4.74 Å². The molecule has 0 bridgehead atoms. The fraction of sp³-hybridized carbons (Fsp3) is 0.265. The van der Waals surface area contributed by atoms with E-state index in [2.05, 4.69) is 24.5 Å². The SMILES string of the molecule is Cc1cc(C=Nn2c(C3CCCCC3)nc3ccccc3c2=O)c(C)n1-c1ccc(OCc2ccc(Cl)c(Cl)c2)cc1. The Hall–Kier alpha value is -3.87. The average molecular weight is 600 g/mol. The Morgan fingerprint density at radius 2 is 1.71 bits per heavy atom. The van der Waals surface area contributed by atoms with E-state index in [1.807, 2.05) is 60.7 Å². The molecule has 0 unspecified atom stereocenters. The van der Waals surface area contributed by atoms with Gasteiger partial charge in [-0.3, -0.25) is 4.79 Å². The first-order valence-electron chi connectivity index (χ1n) is 14.3. The number of para-hydroxylation sites is 1. The van der Waals surface area contributed by atoms with E-state index in [-0.39, 0.29) is 11.5 Å². The summed E-state index contributed by atoms with van der Waals surface area (Å²) in [5.74, 6) is 1.76. The highest BCUT2D eigenvalue weighted by atomic mass is 35.5. The van der Waals surface area contributed by atoms with Crippen molar-refractivity contribution in [1.29, 1.82) is 0 Å². The minimum Gasteiger partial charge on any atom is -0.489 e. The molecule has 6 nitrogen and oxygen atoms in total. The first kappa shape index (κ1) is 28.3. The lowest BCUT2D eigenvalue weighted by atomic mass is 9.88. The number of benzene rings is 3. The van der Waals surface area contributed by atoms with Gasteiger partial charge >= 0.3 is 0 Å². The van der Waals surface area contributed by atoms with Gasteiger partial charge in [0.05, 0.1) is 27.2 Å². The van der Waals surface area contributed by atoms with E-state index in [4.69, 9.17) is 38.0 Å². The third kappa shape index (κ3) is 5.74. The second-order valence-electron chi connectivity index (χ2n) is 10.9. The summed E-state index contributed by atoms with van der Waals surface area (Å²) in [4.78, 5) is 18.5.